The molecule has 2 atom stereocenters. The van der Waals surface area contributed by atoms with Crippen molar-refractivity contribution in [3.05, 3.63) is 106 Å². The van der Waals surface area contributed by atoms with E-state index in [1.165, 1.54) is 5.56 Å². The maximum absolute atomic E-state index is 13.8. The molecule has 216 valence electrons. The van der Waals surface area contributed by atoms with Crippen LogP contribution in [-0.2, 0) is 22.2 Å². The summed E-state index contributed by atoms with van der Waals surface area (Å²) in [6.45, 7) is 3.03. The lowest BCUT2D eigenvalue weighted by Crippen LogP contribution is -2.55. The molecule has 41 heavy (non-hydrogen) atoms. The summed E-state index contributed by atoms with van der Waals surface area (Å²) in [6.07, 6.45) is 3.14. The maximum Gasteiger partial charge on any atom is 0.317 e. The molecule has 3 aromatic carbocycles. The number of hydrogen-bond acceptors (Lipinski definition) is 3. The van der Waals surface area contributed by atoms with Crippen LogP contribution in [0.5, 0.6) is 0 Å². The fourth-order valence-corrected chi connectivity index (χ4v) is 6.50. The summed E-state index contributed by atoms with van der Waals surface area (Å²) in [6, 6.07) is 25.9. The minimum Gasteiger partial charge on any atom is -0.355 e. The first kappa shape index (κ1) is 29.4. The average molecular weight is 594 g/mol. The zero-order chi connectivity index (χ0) is 29.0. The predicted octanol–water partition coefficient (Wildman–Crippen LogP) is 5.87. The molecule has 8 heteroatoms. The summed E-state index contributed by atoms with van der Waals surface area (Å²) in [5.74, 6) is 0.211. The van der Waals surface area contributed by atoms with E-state index in [2.05, 4.69) is 39.8 Å². The molecule has 2 fully saturated rings. The van der Waals surface area contributed by atoms with E-state index in [0.717, 1.165) is 56.4 Å². The zero-order valence-electron chi connectivity index (χ0n) is 23.7. The molecule has 1 aliphatic carbocycles. The van der Waals surface area contributed by atoms with Gasteiger partial charge in [-0.3, -0.25) is 4.79 Å². The Morgan fingerprint density at radius 3 is 2.20 bits per heavy atom. The first-order valence-corrected chi connectivity index (χ1v) is 15.0. The molecule has 6 nitrogen and oxygen atoms in total. The van der Waals surface area contributed by atoms with E-state index in [-0.39, 0.29) is 17.9 Å². The highest BCUT2D eigenvalue weighted by molar-refractivity contribution is 6.42. The van der Waals surface area contributed by atoms with Crippen LogP contribution >= 0.6 is 23.2 Å². The third-order valence-electron chi connectivity index (χ3n) is 8.75. The van der Waals surface area contributed by atoms with Crippen LogP contribution in [0.15, 0.2) is 78.9 Å². The molecule has 0 aromatic heterocycles. The third-order valence-corrected chi connectivity index (χ3v) is 9.49. The number of benzene rings is 3. The number of halogens is 2. The molecule has 0 radical (unpaired) electrons. The number of carbonyl (C=O) groups is 2. The van der Waals surface area contributed by atoms with Gasteiger partial charge in [0.15, 0.2) is 0 Å². The topological polar surface area (TPSA) is 64.7 Å². The fourth-order valence-electron chi connectivity index (χ4n) is 6.20. The highest BCUT2D eigenvalue weighted by Gasteiger charge is 2.61. The molecule has 0 spiro atoms. The van der Waals surface area contributed by atoms with E-state index in [0.29, 0.717) is 16.6 Å². The van der Waals surface area contributed by atoms with Gasteiger partial charge in [0.1, 0.15) is 0 Å². The quantitative estimate of drug-likeness (QED) is 0.326. The SMILES string of the molecule is CN(C)C(=O)NC1(c2ccccc2)CCN(C[C@@H]2C[C@@]2(C(=O)NCCc2ccccc2)c2ccc(Cl)c(Cl)c2)CC1. The van der Waals surface area contributed by atoms with Crippen LogP contribution in [0, 0.1) is 5.92 Å². The average Bonchev–Trinajstić information content (AvgIpc) is 3.71. The van der Waals surface area contributed by atoms with Gasteiger partial charge in [0, 0.05) is 40.3 Å². The molecule has 0 bridgehead atoms. The van der Waals surface area contributed by atoms with E-state index < -0.39 is 11.0 Å². The molecule has 1 saturated heterocycles. The molecular weight excluding hydrogens is 555 g/mol. The van der Waals surface area contributed by atoms with Gasteiger partial charge in [0.25, 0.3) is 0 Å². The Bertz CT molecular complexity index is 1360. The van der Waals surface area contributed by atoms with Crippen LogP contribution < -0.4 is 10.6 Å². The Labute approximate surface area is 253 Å². The first-order valence-electron chi connectivity index (χ1n) is 14.3. The van der Waals surface area contributed by atoms with Gasteiger partial charge in [-0.25, -0.2) is 4.79 Å². The highest BCUT2D eigenvalue weighted by atomic mass is 35.5. The molecule has 0 unspecified atom stereocenters. The number of hydrogen-bond donors (Lipinski definition) is 2. The Kier molecular flexibility index (Phi) is 8.93. The summed E-state index contributed by atoms with van der Waals surface area (Å²) in [7, 11) is 3.54. The molecule has 2 aliphatic rings. The van der Waals surface area contributed by atoms with Crippen molar-refractivity contribution in [1.82, 2.24) is 20.4 Å². The number of amides is 3. The van der Waals surface area contributed by atoms with Crippen molar-refractivity contribution in [3.63, 3.8) is 0 Å². The van der Waals surface area contributed by atoms with Gasteiger partial charge in [-0.05, 0) is 60.4 Å². The predicted molar refractivity (Wildman–Crippen MR) is 165 cm³/mol. The van der Waals surface area contributed by atoms with Crippen molar-refractivity contribution in [2.45, 2.75) is 36.6 Å². The zero-order valence-corrected chi connectivity index (χ0v) is 25.2. The Hall–Kier alpha value is -3.06. The van der Waals surface area contributed by atoms with Gasteiger partial charge in [-0.2, -0.15) is 0 Å². The summed E-state index contributed by atoms with van der Waals surface area (Å²) in [5.41, 5.74) is 2.20. The van der Waals surface area contributed by atoms with Gasteiger partial charge in [-0.15, -0.1) is 0 Å². The lowest BCUT2D eigenvalue weighted by Gasteiger charge is -2.43. The number of piperidine rings is 1. The summed E-state index contributed by atoms with van der Waals surface area (Å²) >= 11 is 12.7. The normalized spacial score (nSPS) is 21.6. The molecule has 1 heterocycles. The van der Waals surface area contributed by atoms with Crippen molar-refractivity contribution in [2.24, 2.45) is 5.92 Å². The van der Waals surface area contributed by atoms with Crippen LogP contribution in [-0.4, -0.2) is 62.0 Å². The van der Waals surface area contributed by atoms with Gasteiger partial charge in [0.2, 0.25) is 5.91 Å². The molecule has 3 aromatic rings. The maximum atomic E-state index is 13.8. The molecule has 3 amide bonds. The fraction of sp³-hybridized carbons (Fsp3) is 0.394. The minimum atomic E-state index is -0.627. The smallest absolute Gasteiger partial charge is 0.317 e. The lowest BCUT2D eigenvalue weighted by atomic mass is 9.80. The second-order valence-corrected chi connectivity index (χ2v) is 12.4. The molecule has 1 aliphatic heterocycles. The second-order valence-electron chi connectivity index (χ2n) is 11.6. The molecular formula is C33H38Cl2N4O2. The van der Waals surface area contributed by atoms with Crippen LogP contribution in [0.2, 0.25) is 10.0 Å². The Morgan fingerprint density at radius 2 is 1.56 bits per heavy atom. The van der Waals surface area contributed by atoms with Crippen LogP contribution in [0.3, 0.4) is 0 Å². The van der Waals surface area contributed by atoms with E-state index in [1.54, 1.807) is 25.1 Å². The summed E-state index contributed by atoms with van der Waals surface area (Å²) in [4.78, 5) is 30.5. The van der Waals surface area contributed by atoms with E-state index in [9.17, 15) is 9.59 Å². The Morgan fingerprint density at radius 1 is 0.902 bits per heavy atom. The highest BCUT2D eigenvalue weighted by Crippen LogP contribution is 2.56. The standard InChI is InChI=1S/C33H38Cl2N4O2/c1-38(2)31(41)37-32(25-11-7-4-8-12-25)16-19-39(20-17-32)23-27-22-33(27,26-13-14-28(34)29(35)21-26)30(40)36-18-15-24-9-5-3-6-10-24/h3-14,21,27H,15-20,22-23H2,1-2H3,(H,36,40)(H,37,41)/t27-,33+/m0/s1. The second kappa shape index (κ2) is 12.4. The lowest BCUT2D eigenvalue weighted by molar-refractivity contribution is -0.124. The number of rotatable bonds is 9. The number of carbonyl (C=O) groups excluding carboxylic acids is 2. The van der Waals surface area contributed by atoms with Crippen molar-refractivity contribution < 1.29 is 9.59 Å². The van der Waals surface area contributed by atoms with Gasteiger partial charge < -0.3 is 20.4 Å². The van der Waals surface area contributed by atoms with Crippen molar-refractivity contribution >= 4 is 35.1 Å². The minimum absolute atomic E-state index is 0.0470. The number of urea groups is 1. The number of nitrogens with one attached hydrogen (secondary N) is 2. The molecule has 5 rings (SSSR count). The van der Waals surface area contributed by atoms with Gasteiger partial charge in [-0.1, -0.05) is 89.9 Å². The number of nitrogens with zero attached hydrogens (tertiary/aromatic N) is 2. The largest absolute Gasteiger partial charge is 0.355 e. The van der Waals surface area contributed by atoms with E-state index in [4.69, 9.17) is 23.2 Å². The van der Waals surface area contributed by atoms with Gasteiger partial charge >= 0.3 is 6.03 Å². The summed E-state index contributed by atoms with van der Waals surface area (Å²) in [5, 5.41) is 7.48. The monoisotopic (exact) mass is 592 g/mol. The van der Waals surface area contributed by atoms with Crippen LogP contribution in [0.4, 0.5) is 4.79 Å². The van der Waals surface area contributed by atoms with Crippen LogP contribution in [0.25, 0.3) is 0 Å². The van der Waals surface area contributed by atoms with E-state index in [1.807, 2.05) is 48.5 Å². The number of likely N-dealkylation sites (tertiary alicyclic amines) is 1. The summed E-state index contributed by atoms with van der Waals surface area (Å²) < 4.78 is 0. The van der Waals surface area contributed by atoms with Crippen molar-refractivity contribution in [3.8, 4) is 0 Å². The molecule has 2 N–H and O–H groups in total. The third kappa shape index (κ3) is 6.40. The first-order chi connectivity index (χ1) is 19.7. The van der Waals surface area contributed by atoms with E-state index >= 15 is 0 Å². The van der Waals surface area contributed by atoms with Gasteiger partial charge in [0.05, 0.1) is 21.0 Å². The van der Waals surface area contributed by atoms with Crippen molar-refractivity contribution in [2.75, 3.05) is 40.3 Å². The van der Waals surface area contributed by atoms with Crippen molar-refractivity contribution in [1.29, 1.82) is 0 Å². The molecule has 1 saturated carbocycles. The van der Waals surface area contributed by atoms with Crippen LogP contribution in [0.1, 0.15) is 36.0 Å². The Balaban J connectivity index is 1.29.